The average Bonchev–Trinajstić information content (AvgIpc) is 2.45. The van der Waals surface area contributed by atoms with E-state index in [0.717, 1.165) is 5.69 Å². The van der Waals surface area contributed by atoms with Crippen molar-refractivity contribution in [1.82, 2.24) is 9.97 Å². The van der Waals surface area contributed by atoms with Crippen LogP contribution < -0.4 is 0 Å². The van der Waals surface area contributed by atoms with Gasteiger partial charge in [-0.3, -0.25) is 0 Å². The highest BCUT2D eigenvalue weighted by Crippen LogP contribution is 2.36. The second-order valence-electron chi connectivity index (χ2n) is 5.25. The fourth-order valence-electron chi connectivity index (χ4n) is 2.87. The van der Waals surface area contributed by atoms with Crippen molar-refractivity contribution in [3.8, 4) is 0 Å². The molecule has 0 amide bonds. The second-order valence-corrected chi connectivity index (χ2v) is 5.63. The molecule has 0 spiro atoms. The molecule has 0 saturated heterocycles. The van der Waals surface area contributed by atoms with Gasteiger partial charge in [0.25, 0.3) is 0 Å². The van der Waals surface area contributed by atoms with Crippen LogP contribution in [-0.2, 0) is 16.1 Å². The fourth-order valence-corrected chi connectivity index (χ4v) is 3.08. The predicted octanol–water partition coefficient (Wildman–Crippen LogP) is 3.93. The van der Waals surface area contributed by atoms with Gasteiger partial charge < -0.3 is 9.47 Å². The van der Waals surface area contributed by atoms with Crippen LogP contribution >= 0.6 is 11.6 Å². The zero-order chi connectivity index (χ0) is 14.4. The van der Waals surface area contributed by atoms with Gasteiger partial charge in [0.2, 0.25) is 0 Å². The van der Waals surface area contributed by atoms with Crippen LogP contribution in [0.2, 0.25) is 5.15 Å². The van der Waals surface area contributed by atoms with E-state index < -0.39 is 0 Å². The summed E-state index contributed by atoms with van der Waals surface area (Å²) < 4.78 is 11.1. The van der Waals surface area contributed by atoms with Gasteiger partial charge in [-0.25, -0.2) is 9.97 Å². The summed E-state index contributed by atoms with van der Waals surface area (Å²) >= 11 is 6.11. The lowest BCUT2D eigenvalue weighted by Gasteiger charge is -2.29. The van der Waals surface area contributed by atoms with Gasteiger partial charge in [0.15, 0.2) is 5.82 Å². The minimum Gasteiger partial charge on any atom is -0.378 e. The van der Waals surface area contributed by atoms with Gasteiger partial charge in [-0.1, -0.05) is 30.9 Å². The highest BCUT2D eigenvalue weighted by molar-refractivity contribution is 6.29. The van der Waals surface area contributed by atoms with Crippen LogP contribution in [0.15, 0.2) is 6.07 Å². The minimum absolute atomic E-state index is 0.0467. The average molecular weight is 299 g/mol. The number of methoxy groups -OCH3 is 1. The van der Waals surface area contributed by atoms with E-state index in [1.54, 1.807) is 13.2 Å². The van der Waals surface area contributed by atoms with Crippen molar-refractivity contribution >= 4 is 11.6 Å². The summed E-state index contributed by atoms with van der Waals surface area (Å²) in [5.41, 5.74) is 0.808. The van der Waals surface area contributed by atoms with Crippen molar-refractivity contribution in [1.29, 1.82) is 0 Å². The number of halogens is 1. The van der Waals surface area contributed by atoms with Crippen LogP contribution in [0, 0.1) is 5.92 Å². The molecule has 1 saturated carbocycles. The molecule has 0 aromatic carbocycles. The number of nitrogens with zero attached hydrogens (tertiary/aromatic N) is 2. The molecule has 4 nitrogen and oxygen atoms in total. The number of hydrogen-bond acceptors (Lipinski definition) is 4. The van der Waals surface area contributed by atoms with Crippen molar-refractivity contribution in [2.45, 2.75) is 51.7 Å². The molecule has 1 fully saturated rings. The molecule has 1 aromatic rings. The highest BCUT2D eigenvalue weighted by atomic mass is 35.5. The van der Waals surface area contributed by atoms with E-state index in [1.165, 1.54) is 32.1 Å². The Bertz CT molecular complexity index is 422. The molecule has 0 N–H and O–H groups in total. The Balaban J connectivity index is 2.22. The Kier molecular flexibility index (Phi) is 6.20. The molecule has 1 heterocycles. The van der Waals surface area contributed by atoms with Crippen LogP contribution in [0.3, 0.4) is 0 Å². The SMILES string of the molecule is CCOC(c1nc(Cl)cc(COC)n1)C1CCCCC1. The number of rotatable bonds is 6. The van der Waals surface area contributed by atoms with Gasteiger partial charge in [0.05, 0.1) is 12.3 Å². The first-order chi connectivity index (χ1) is 9.74. The monoisotopic (exact) mass is 298 g/mol. The normalized spacial score (nSPS) is 18.1. The largest absolute Gasteiger partial charge is 0.378 e. The molecular weight excluding hydrogens is 276 g/mol. The van der Waals surface area contributed by atoms with Crippen LogP contribution in [0.5, 0.6) is 0 Å². The first-order valence-corrected chi connectivity index (χ1v) is 7.76. The Morgan fingerprint density at radius 2 is 2.05 bits per heavy atom. The van der Waals surface area contributed by atoms with Gasteiger partial charge >= 0.3 is 0 Å². The van der Waals surface area contributed by atoms with Crippen molar-refractivity contribution in [2.24, 2.45) is 5.92 Å². The number of ether oxygens (including phenoxy) is 2. The molecule has 1 aliphatic rings. The predicted molar refractivity (Wildman–Crippen MR) is 78.7 cm³/mol. The maximum Gasteiger partial charge on any atom is 0.159 e. The molecule has 0 aliphatic heterocycles. The number of hydrogen-bond donors (Lipinski definition) is 0. The molecule has 5 heteroatoms. The summed E-state index contributed by atoms with van der Waals surface area (Å²) in [6.45, 7) is 3.12. The van der Waals surface area contributed by atoms with Gasteiger partial charge in [-0.2, -0.15) is 0 Å². The first kappa shape index (κ1) is 15.7. The van der Waals surface area contributed by atoms with Crippen LogP contribution in [-0.4, -0.2) is 23.7 Å². The first-order valence-electron chi connectivity index (χ1n) is 7.38. The summed E-state index contributed by atoms with van der Waals surface area (Å²) in [4.78, 5) is 8.96. The Morgan fingerprint density at radius 3 is 2.70 bits per heavy atom. The van der Waals surface area contributed by atoms with Gasteiger partial charge in [0.1, 0.15) is 11.3 Å². The Hall–Kier alpha value is -0.710. The lowest BCUT2D eigenvalue weighted by atomic mass is 9.85. The Labute approximate surface area is 125 Å². The molecule has 1 aliphatic carbocycles. The highest BCUT2D eigenvalue weighted by Gasteiger charge is 2.28. The van der Waals surface area contributed by atoms with E-state index >= 15 is 0 Å². The summed E-state index contributed by atoms with van der Waals surface area (Å²) in [5, 5.41) is 0.461. The molecular formula is C15H23ClN2O2. The lowest BCUT2D eigenvalue weighted by Crippen LogP contribution is -2.22. The van der Waals surface area contributed by atoms with E-state index in [2.05, 4.69) is 9.97 Å². The topological polar surface area (TPSA) is 44.2 Å². The molecule has 1 aromatic heterocycles. The molecule has 1 unspecified atom stereocenters. The standard InChI is InChI=1S/C15H23ClN2O2/c1-3-20-14(11-7-5-4-6-8-11)15-17-12(10-19-2)9-13(16)18-15/h9,11,14H,3-8,10H2,1-2H3. The zero-order valence-electron chi connectivity index (χ0n) is 12.3. The smallest absolute Gasteiger partial charge is 0.159 e. The van der Waals surface area contributed by atoms with Gasteiger partial charge in [-0.15, -0.1) is 0 Å². The molecule has 20 heavy (non-hydrogen) atoms. The van der Waals surface area contributed by atoms with E-state index in [9.17, 15) is 0 Å². The third-order valence-corrected chi connectivity index (χ3v) is 3.93. The molecule has 112 valence electrons. The molecule has 0 bridgehead atoms. The van der Waals surface area contributed by atoms with Crippen molar-refractivity contribution in [3.63, 3.8) is 0 Å². The maximum absolute atomic E-state index is 6.11. The lowest BCUT2D eigenvalue weighted by molar-refractivity contribution is -0.000521. The molecule has 2 rings (SSSR count). The summed E-state index contributed by atoms with van der Waals surface area (Å²) in [7, 11) is 1.65. The van der Waals surface area contributed by atoms with Crippen molar-refractivity contribution < 1.29 is 9.47 Å². The minimum atomic E-state index is -0.0467. The van der Waals surface area contributed by atoms with E-state index in [1.807, 2.05) is 6.92 Å². The van der Waals surface area contributed by atoms with Gasteiger partial charge in [0, 0.05) is 13.7 Å². The Morgan fingerprint density at radius 1 is 1.30 bits per heavy atom. The van der Waals surface area contributed by atoms with E-state index in [0.29, 0.717) is 30.1 Å². The second kappa shape index (κ2) is 7.91. The summed E-state index contributed by atoms with van der Waals surface area (Å²) in [5.74, 6) is 1.20. The fraction of sp³-hybridized carbons (Fsp3) is 0.733. The van der Waals surface area contributed by atoms with Gasteiger partial charge in [-0.05, 0) is 31.7 Å². The van der Waals surface area contributed by atoms with Crippen LogP contribution in [0.25, 0.3) is 0 Å². The maximum atomic E-state index is 6.11. The van der Waals surface area contributed by atoms with Crippen LogP contribution in [0.1, 0.15) is 56.7 Å². The zero-order valence-corrected chi connectivity index (χ0v) is 13.0. The quantitative estimate of drug-likeness (QED) is 0.746. The van der Waals surface area contributed by atoms with Crippen molar-refractivity contribution in [3.05, 3.63) is 22.7 Å². The number of aromatic nitrogens is 2. The van der Waals surface area contributed by atoms with E-state index in [4.69, 9.17) is 21.1 Å². The summed E-state index contributed by atoms with van der Waals surface area (Å²) in [6, 6.07) is 1.75. The summed E-state index contributed by atoms with van der Waals surface area (Å²) in [6.07, 6.45) is 6.16. The van der Waals surface area contributed by atoms with E-state index in [-0.39, 0.29) is 6.10 Å². The third kappa shape index (κ3) is 4.14. The molecule has 0 radical (unpaired) electrons. The van der Waals surface area contributed by atoms with Crippen LogP contribution in [0.4, 0.5) is 0 Å². The third-order valence-electron chi connectivity index (χ3n) is 3.74. The molecule has 1 atom stereocenters. The van der Waals surface area contributed by atoms with Crippen molar-refractivity contribution in [2.75, 3.05) is 13.7 Å².